The fourth-order valence-corrected chi connectivity index (χ4v) is 3.96. The number of carbonyl (C=O) groups excluding carboxylic acids is 2. The van der Waals surface area contributed by atoms with Crippen molar-refractivity contribution in [2.75, 3.05) is 18.1 Å². The number of hydrogen-bond acceptors (Lipinski definition) is 6. The van der Waals surface area contributed by atoms with Crippen molar-refractivity contribution in [3.05, 3.63) is 113 Å². The van der Waals surface area contributed by atoms with Gasteiger partial charge < -0.3 is 20.9 Å². The summed E-state index contributed by atoms with van der Waals surface area (Å²) >= 11 is 0. The molecule has 9 heteroatoms. The van der Waals surface area contributed by atoms with Crippen LogP contribution in [0.4, 0.5) is 24.5 Å². The van der Waals surface area contributed by atoms with Crippen LogP contribution in [-0.4, -0.2) is 24.5 Å². The van der Waals surface area contributed by atoms with Crippen LogP contribution in [-0.2, 0) is 0 Å². The molecule has 0 saturated heterocycles. The number of carbonyl (C=O) groups is 2. The average Bonchev–Trinajstić information content (AvgIpc) is 2.92. The number of ketones is 1. The van der Waals surface area contributed by atoms with Crippen LogP contribution in [0, 0.1) is 6.92 Å². The molecule has 4 rings (SSSR count). The number of rotatable bonds is 8. The van der Waals surface area contributed by atoms with Crippen molar-refractivity contribution in [2.45, 2.75) is 13.1 Å². The third kappa shape index (κ3) is 7.08. The largest absolute Gasteiger partial charge is 0.484 e. The zero-order chi connectivity index (χ0) is 28.9. The molecule has 0 saturated carbocycles. The van der Waals surface area contributed by atoms with E-state index in [4.69, 9.17) is 16.2 Å². The van der Waals surface area contributed by atoms with Crippen LogP contribution in [0.5, 0.6) is 11.5 Å². The van der Waals surface area contributed by atoms with Crippen LogP contribution in [0.2, 0.25) is 0 Å². The molecule has 0 atom stereocenters. The third-order valence-electron chi connectivity index (χ3n) is 5.98. The predicted octanol–water partition coefficient (Wildman–Crippen LogP) is 6.88. The Morgan fingerprint density at radius 2 is 1.45 bits per heavy atom. The van der Waals surface area contributed by atoms with E-state index in [1.54, 1.807) is 36.4 Å². The van der Waals surface area contributed by atoms with Crippen molar-refractivity contribution >= 4 is 29.2 Å². The fourth-order valence-electron chi connectivity index (χ4n) is 3.96. The first-order valence-corrected chi connectivity index (χ1v) is 12.1. The van der Waals surface area contributed by atoms with Gasteiger partial charge in [-0.25, -0.2) is 4.79 Å². The van der Waals surface area contributed by atoms with Gasteiger partial charge in [0, 0.05) is 16.9 Å². The first kappa shape index (κ1) is 28.0. The Kier molecular flexibility index (Phi) is 8.23. The number of alkyl halides is 3. The van der Waals surface area contributed by atoms with Gasteiger partial charge in [-0.2, -0.15) is 13.2 Å². The molecule has 0 radical (unpaired) electrons. The smallest absolute Gasteiger partial charge is 0.422 e. The molecule has 0 heterocycles. The maximum atomic E-state index is 13.1. The molecule has 0 fully saturated rings. The van der Waals surface area contributed by atoms with E-state index in [1.807, 2.05) is 25.1 Å². The Balaban J connectivity index is 1.41. The van der Waals surface area contributed by atoms with Crippen LogP contribution < -0.4 is 20.9 Å². The normalized spacial score (nSPS) is 11.4. The summed E-state index contributed by atoms with van der Waals surface area (Å²) in [5.74, 6) is -0.776. The summed E-state index contributed by atoms with van der Waals surface area (Å²) < 4.78 is 46.7. The molecule has 0 spiro atoms. The maximum absolute atomic E-state index is 13.1. The van der Waals surface area contributed by atoms with Crippen molar-refractivity contribution in [1.82, 2.24) is 0 Å². The fraction of sp³-hybridized carbons (Fsp3) is 0.0968. The van der Waals surface area contributed by atoms with Gasteiger partial charge in [-0.05, 0) is 89.9 Å². The average molecular weight is 547 g/mol. The van der Waals surface area contributed by atoms with E-state index in [-0.39, 0.29) is 22.8 Å². The molecule has 6 nitrogen and oxygen atoms in total. The van der Waals surface area contributed by atoms with E-state index >= 15 is 0 Å². The van der Waals surface area contributed by atoms with Gasteiger partial charge in [0.25, 0.3) is 0 Å². The van der Waals surface area contributed by atoms with Crippen LogP contribution in [0.25, 0.3) is 17.2 Å². The van der Waals surface area contributed by atoms with Gasteiger partial charge in [-0.15, -0.1) is 0 Å². The summed E-state index contributed by atoms with van der Waals surface area (Å²) in [6.45, 7) is 0.425. The lowest BCUT2D eigenvalue weighted by Crippen LogP contribution is -2.19. The van der Waals surface area contributed by atoms with E-state index in [0.717, 1.165) is 16.7 Å². The second-order valence-electron chi connectivity index (χ2n) is 8.91. The number of allylic oxidation sites excluding steroid dienone is 1. The molecule has 0 bridgehead atoms. The monoisotopic (exact) mass is 546 g/mol. The molecule has 0 aromatic heterocycles. The van der Waals surface area contributed by atoms with Gasteiger partial charge in [0.05, 0.1) is 5.56 Å². The van der Waals surface area contributed by atoms with Crippen LogP contribution in [0.1, 0.15) is 31.8 Å². The number of benzene rings is 4. The molecule has 4 N–H and O–H groups in total. The second-order valence-corrected chi connectivity index (χ2v) is 8.91. The zero-order valence-electron chi connectivity index (χ0n) is 21.4. The van der Waals surface area contributed by atoms with Gasteiger partial charge >= 0.3 is 12.1 Å². The molecule has 0 aliphatic carbocycles. The lowest BCUT2D eigenvalue weighted by Gasteiger charge is -2.13. The second kappa shape index (κ2) is 11.8. The van der Waals surface area contributed by atoms with Crippen molar-refractivity contribution in [2.24, 2.45) is 0 Å². The Morgan fingerprint density at radius 3 is 2.08 bits per heavy atom. The lowest BCUT2D eigenvalue weighted by atomic mass is 9.93. The van der Waals surface area contributed by atoms with Crippen molar-refractivity contribution < 1.29 is 32.2 Å². The number of halogens is 3. The van der Waals surface area contributed by atoms with Crippen molar-refractivity contribution in [3.8, 4) is 22.6 Å². The number of hydrogen-bond donors (Lipinski definition) is 2. The number of ether oxygens (including phenoxy) is 2. The van der Waals surface area contributed by atoms with E-state index in [9.17, 15) is 22.8 Å². The number of anilines is 2. The number of esters is 1. The highest BCUT2D eigenvalue weighted by molar-refractivity contribution is 6.12. The van der Waals surface area contributed by atoms with Crippen LogP contribution in [0.3, 0.4) is 0 Å². The SMILES string of the molecule is Cc1c(-c2ccc(N)cc2)ccc(N)c1C(=O)/C=C/c1ccc(C(=O)Oc2ccc(OCC(F)(F)F)cc2)cc1. The highest BCUT2D eigenvalue weighted by atomic mass is 19.4. The van der Waals surface area contributed by atoms with Crippen molar-refractivity contribution in [3.63, 3.8) is 0 Å². The Bertz CT molecular complexity index is 1540. The molecule has 0 unspecified atom stereocenters. The first-order chi connectivity index (χ1) is 19.0. The van der Waals surface area contributed by atoms with Gasteiger partial charge in [0.15, 0.2) is 12.4 Å². The standard InChI is InChI=1S/C31H25F3N2O4/c1-19-26(21-7-9-23(35)10-8-21)15-16-27(36)29(19)28(37)17-4-20-2-5-22(6-3-20)30(38)40-25-13-11-24(12-14-25)39-18-31(32,33)34/h2-17H,18,35-36H2,1H3/b17-4+. The van der Waals surface area contributed by atoms with E-state index in [0.29, 0.717) is 22.5 Å². The summed E-state index contributed by atoms with van der Waals surface area (Å²) in [4.78, 5) is 25.5. The Hall–Kier alpha value is -5.05. The highest BCUT2D eigenvalue weighted by Gasteiger charge is 2.28. The minimum atomic E-state index is -4.45. The summed E-state index contributed by atoms with van der Waals surface area (Å²) in [7, 11) is 0. The molecule has 204 valence electrons. The minimum absolute atomic E-state index is 0.00302. The van der Waals surface area contributed by atoms with E-state index in [2.05, 4.69) is 4.74 Å². The van der Waals surface area contributed by atoms with Gasteiger partial charge in [-0.1, -0.05) is 36.4 Å². The maximum Gasteiger partial charge on any atom is 0.422 e. The predicted molar refractivity (Wildman–Crippen MR) is 148 cm³/mol. The van der Waals surface area contributed by atoms with Crippen LogP contribution >= 0.6 is 0 Å². The molecule has 4 aromatic carbocycles. The van der Waals surface area contributed by atoms with Crippen LogP contribution in [0.15, 0.2) is 91.0 Å². The number of nitrogen functional groups attached to an aromatic ring is 2. The van der Waals surface area contributed by atoms with Gasteiger partial charge in [0.1, 0.15) is 11.5 Å². The Morgan fingerprint density at radius 1 is 0.825 bits per heavy atom. The molecular weight excluding hydrogens is 521 g/mol. The number of nitrogens with two attached hydrogens (primary N) is 2. The summed E-state index contributed by atoms with van der Waals surface area (Å²) in [6, 6.07) is 22.5. The van der Waals surface area contributed by atoms with Gasteiger partial charge in [-0.3, -0.25) is 4.79 Å². The van der Waals surface area contributed by atoms with Crippen molar-refractivity contribution in [1.29, 1.82) is 0 Å². The summed E-state index contributed by atoms with van der Waals surface area (Å²) in [6.07, 6.45) is -1.41. The minimum Gasteiger partial charge on any atom is -0.484 e. The first-order valence-electron chi connectivity index (χ1n) is 12.1. The molecule has 4 aromatic rings. The molecule has 0 aliphatic rings. The zero-order valence-corrected chi connectivity index (χ0v) is 21.4. The Labute approximate surface area is 228 Å². The molecule has 0 aliphatic heterocycles. The van der Waals surface area contributed by atoms with E-state index < -0.39 is 18.8 Å². The van der Waals surface area contributed by atoms with Gasteiger partial charge in [0.2, 0.25) is 0 Å². The third-order valence-corrected chi connectivity index (χ3v) is 5.98. The molecular formula is C31H25F3N2O4. The molecule has 40 heavy (non-hydrogen) atoms. The summed E-state index contributed by atoms with van der Waals surface area (Å²) in [5, 5.41) is 0. The quantitative estimate of drug-likeness (QED) is 0.0821. The summed E-state index contributed by atoms with van der Waals surface area (Å²) in [5.41, 5.74) is 16.8. The highest BCUT2D eigenvalue weighted by Crippen LogP contribution is 2.30. The molecule has 0 amide bonds. The lowest BCUT2D eigenvalue weighted by molar-refractivity contribution is -0.153. The van der Waals surface area contributed by atoms with E-state index in [1.165, 1.54) is 42.5 Å². The topological polar surface area (TPSA) is 105 Å².